The summed E-state index contributed by atoms with van der Waals surface area (Å²) in [6.07, 6.45) is 0.607. The van der Waals surface area contributed by atoms with Crippen LogP contribution in [0.15, 0.2) is 54.6 Å². The summed E-state index contributed by atoms with van der Waals surface area (Å²) in [6.45, 7) is 2.04. The van der Waals surface area contributed by atoms with E-state index in [1.807, 2.05) is 61.5 Å². The second kappa shape index (κ2) is 7.15. The van der Waals surface area contributed by atoms with E-state index in [0.29, 0.717) is 16.8 Å². The van der Waals surface area contributed by atoms with E-state index in [-0.39, 0.29) is 6.10 Å². The van der Waals surface area contributed by atoms with Crippen molar-refractivity contribution in [1.82, 2.24) is 15.2 Å². The molecule has 6 heteroatoms. The highest BCUT2D eigenvalue weighted by Crippen LogP contribution is 2.23. The Labute approximate surface area is 139 Å². The van der Waals surface area contributed by atoms with Gasteiger partial charge in [0.1, 0.15) is 5.75 Å². The molecule has 0 amide bonds. The van der Waals surface area contributed by atoms with Crippen molar-refractivity contribution >= 4 is 23.2 Å². The molecule has 2 N–H and O–H groups in total. The molecule has 0 aliphatic heterocycles. The quantitative estimate of drug-likeness (QED) is 0.686. The molecule has 3 aromatic rings. The van der Waals surface area contributed by atoms with Crippen molar-refractivity contribution in [1.29, 1.82) is 0 Å². The molecular formula is C17H17ClN4O. The number of benzene rings is 2. The first-order valence-electron chi connectivity index (χ1n) is 7.41. The fraction of sp³-hybridized carbons (Fsp3) is 0.176. The highest BCUT2D eigenvalue weighted by molar-refractivity contribution is 6.30. The predicted octanol–water partition coefficient (Wildman–Crippen LogP) is 4.73. The average molecular weight is 329 g/mol. The van der Waals surface area contributed by atoms with Gasteiger partial charge in [-0.1, -0.05) is 36.7 Å². The number of aromatic amines is 1. The molecule has 0 aliphatic carbocycles. The van der Waals surface area contributed by atoms with Crippen LogP contribution < -0.4 is 10.1 Å². The second-order valence-corrected chi connectivity index (χ2v) is 5.44. The molecule has 0 bridgehead atoms. The Morgan fingerprint density at radius 3 is 2.57 bits per heavy atom. The van der Waals surface area contributed by atoms with Crippen LogP contribution in [0, 0.1) is 0 Å². The Kier molecular flexibility index (Phi) is 4.78. The predicted molar refractivity (Wildman–Crippen MR) is 91.2 cm³/mol. The number of ether oxygens (including phenoxy) is 1. The van der Waals surface area contributed by atoms with Crippen LogP contribution in [0.4, 0.5) is 11.6 Å². The van der Waals surface area contributed by atoms with Crippen LogP contribution in [-0.2, 0) is 0 Å². The van der Waals surface area contributed by atoms with E-state index < -0.39 is 0 Å². The first-order valence-corrected chi connectivity index (χ1v) is 7.79. The summed E-state index contributed by atoms with van der Waals surface area (Å²) in [5.74, 6) is 1.99. The summed E-state index contributed by atoms with van der Waals surface area (Å²) in [4.78, 5) is 4.46. The fourth-order valence-corrected chi connectivity index (χ4v) is 2.26. The number of para-hydroxylation sites is 1. The summed E-state index contributed by atoms with van der Waals surface area (Å²) in [6, 6.07) is 17.0. The van der Waals surface area contributed by atoms with E-state index >= 15 is 0 Å². The van der Waals surface area contributed by atoms with E-state index in [0.717, 1.165) is 17.9 Å². The molecule has 5 nitrogen and oxygen atoms in total. The van der Waals surface area contributed by atoms with Gasteiger partial charge in [-0.2, -0.15) is 4.98 Å². The molecule has 3 rings (SSSR count). The molecule has 0 aliphatic rings. The van der Waals surface area contributed by atoms with Gasteiger partial charge >= 0.3 is 0 Å². The Hall–Kier alpha value is -2.53. The Morgan fingerprint density at radius 2 is 1.87 bits per heavy atom. The summed E-state index contributed by atoms with van der Waals surface area (Å²) in [5, 5.41) is 10.9. The third-order valence-electron chi connectivity index (χ3n) is 3.30. The van der Waals surface area contributed by atoms with Gasteiger partial charge in [0.05, 0.1) is 0 Å². The van der Waals surface area contributed by atoms with Crippen LogP contribution in [0.5, 0.6) is 5.75 Å². The van der Waals surface area contributed by atoms with Crippen LogP contribution >= 0.6 is 11.6 Å². The van der Waals surface area contributed by atoms with Crippen molar-refractivity contribution in [2.24, 2.45) is 0 Å². The van der Waals surface area contributed by atoms with Gasteiger partial charge in [0.15, 0.2) is 11.9 Å². The standard InChI is InChI=1S/C17H17ClN4O/c1-2-15(23-14-6-4-3-5-7-14)16-20-17(22-21-16)19-13-10-8-12(18)9-11-13/h3-11,15H,2H2,1H3,(H2,19,20,21,22). The third kappa shape index (κ3) is 4.02. The van der Waals surface area contributed by atoms with Gasteiger partial charge in [0.2, 0.25) is 5.95 Å². The smallest absolute Gasteiger partial charge is 0.246 e. The molecule has 1 atom stereocenters. The maximum absolute atomic E-state index is 5.95. The van der Waals surface area contributed by atoms with Crippen molar-refractivity contribution in [3.63, 3.8) is 0 Å². The number of aromatic nitrogens is 3. The van der Waals surface area contributed by atoms with Crippen LogP contribution in [0.3, 0.4) is 0 Å². The van der Waals surface area contributed by atoms with Crippen LogP contribution in [0.1, 0.15) is 25.3 Å². The first kappa shape index (κ1) is 15.4. The second-order valence-electron chi connectivity index (χ2n) is 5.00. The minimum Gasteiger partial charge on any atom is -0.482 e. The molecule has 0 saturated heterocycles. The van der Waals surface area contributed by atoms with Crippen molar-refractivity contribution in [2.45, 2.75) is 19.4 Å². The summed E-state index contributed by atoms with van der Waals surface area (Å²) >= 11 is 5.87. The van der Waals surface area contributed by atoms with Gasteiger partial charge in [-0.3, -0.25) is 5.10 Å². The van der Waals surface area contributed by atoms with Gasteiger partial charge in [0.25, 0.3) is 0 Å². The molecular weight excluding hydrogens is 312 g/mol. The lowest BCUT2D eigenvalue weighted by molar-refractivity contribution is 0.191. The number of H-pyrrole nitrogens is 1. The number of hydrogen-bond donors (Lipinski definition) is 2. The maximum Gasteiger partial charge on any atom is 0.246 e. The molecule has 0 saturated carbocycles. The Morgan fingerprint density at radius 1 is 1.13 bits per heavy atom. The van der Waals surface area contributed by atoms with E-state index in [1.54, 1.807) is 0 Å². The van der Waals surface area contributed by atoms with E-state index in [9.17, 15) is 0 Å². The topological polar surface area (TPSA) is 62.8 Å². The molecule has 1 heterocycles. The number of anilines is 2. The zero-order chi connectivity index (χ0) is 16.1. The van der Waals surface area contributed by atoms with Crippen molar-refractivity contribution in [2.75, 3.05) is 5.32 Å². The van der Waals surface area contributed by atoms with Crippen molar-refractivity contribution in [3.05, 3.63) is 65.4 Å². The SMILES string of the molecule is CCC(Oc1ccccc1)c1nc(Nc2ccc(Cl)cc2)n[nH]1. The largest absolute Gasteiger partial charge is 0.482 e. The third-order valence-corrected chi connectivity index (χ3v) is 3.55. The lowest BCUT2D eigenvalue weighted by Crippen LogP contribution is -2.08. The summed E-state index contributed by atoms with van der Waals surface area (Å²) in [7, 11) is 0. The van der Waals surface area contributed by atoms with Crippen LogP contribution in [-0.4, -0.2) is 15.2 Å². The molecule has 23 heavy (non-hydrogen) atoms. The van der Waals surface area contributed by atoms with Gasteiger partial charge < -0.3 is 10.1 Å². The number of nitrogens with one attached hydrogen (secondary N) is 2. The van der Waals surface area contributed by atoms with Crippen molar-refractivity contribution < 1.29 is 4.74 Å². The Bertz CT molecular complexity index is 743. The molecule has 0 fully saturated rings. The lowest BCUT2D eigenvalue weighted by Gasteiger charge is -2.14. The fourth-order valence-electron chi connectivity index (χ4n) is 2.13. The van der Waals surface area contributed by atoms with Gasteiger partial charge in [-0.05, 0) is 42.8 Å². The minimum atomic E-state index is -0.175. The number of nitrogens with zero attached hydrogens (tertiary/aromatic N) is 2. The zero-order valence-corrected chi connectivity index (χ0v) is 13.4. The number of rotatable bonds is 6. The zero-order valence-electron chi connectivity index (χ0n) is 12.7. The summed E-state index contributed by atoms with van der Waals surface area (Å²) in [5.41, 5.74) is 0.872. The Balaban J connectivity index is 1.70. The molecule has 0 radical (unpaired) electrons. The number of halogens is 1. The monoisotopic (exact) mass is 328 g/mol. The molecule has 118 valence electrons. The average Bonchev–Trinajstić information content (AvgIpc) is 3.04. The number of hydrogen-bond acceptors (Lipinski definition) is 4. The van der Waals surface area contributed by atoms with Crippen LogP contribution in [0.25, 0.3) is 0 Å². The van der Waals surface area contributed by atoms with E-state index in [1.165, 1.54) is 0 Å². The highest BCUT2D eigenvalue weighted by atomic mass is 35.5. The minimum absolute atomic E-state index is 0.175. The van der Waals surface area contributed by atoms with Crippen molar-refractivity contribution in [3.8, 4) is 5.75 Å². The maximum atomic E-state index is 5.95. The molecule has 1 aromatic heterocycles. The normalized spacial score (nSPS) is 11.9. The molecule has 0 spiro atoms. The van der Waals surface area contributed by atoms with Gasteiger partial charge in [-0.25, -0.2) is 0 Å². The lowest BCUT2D eigenvalue weighted by atomic mass is 10.2. The summed E-state index contributed by atoms with van der Waals surface area (Å²) < 4.78 is 5.95. The molecule has 2 aromatic carbocycles. The van der Waals surface area contributed by atoms with Gasteiger partial charge in [-0.15, -0.1) is 5.10 Å². The van der Waals surface area contributed by atoms with Crippen LogP contribution in [0.2, 0.25) is 5.02 Å². The van der Waals surface area contributed by atoms with E-state index in [2.05, 4.69) is 20.5 Å². The first-order chi connectivity index (χ1) is 11.2. The van der Waals surface area contributed by atoms with E-state index in [4.69, 9.17) is 16.3 Å². The highest BCUT2D eigenvalue weighted by Gasteiger charge is 2.16. The molecule has 1 unspecified atom stereocenters. The van der Waals surface area contributed by atoms with Gasteiger partial charge in [0, 0.05) is 10.7 Å².